The fourth-order valence-corrected chi connectivity index (χ4v) is 6.77. The second-order valence-corrected chi connectivity index (χ2v) is 9.77. The Hall–Kier alpha value is -0.520. The van der Waals surface area contributed by atoms with Crippen LogP contribution in [0.15, 0.2) is 18.2 Å². The van der Waals surface area contributed by atoms with Gasteiger partial charge in [-0.3, -0.25) is 0 Å². The van der Waals surface area contributed by atoms with Gasteiger partial charge < -0.3 is 9.47 Å². The van der Waals surface area contributed by atoms with Gasteiger partial charge in [0.2, 0.25) is 0 Å². The Morgan fingerprint density at radius 1 is 1.19 bits per heavy atom. The highest BCUT2D eigenvalue weighted by molar-refractivity contribution is 6.32. The molecular weight excluding hydrogens is 387 g/mol. The Morgan fingerprint density at radius 2 is 1.96 bits per heavy atom. The van der Waals surface area contributed by atoms with Crippen molar-refractivity contribution in [3.8, 4) is 5.75 Å². The molecule has 4 rings (SSSR count). The third-order valence-electron chi connectivity index (χ3n) is 6.73. The van der Waals surface area contributed by atoms with E-state index < -0.39 is 11.4 Å². The smallest absolute Gasteiger partial charge is 0.260 e. The number of fused-ring (bicyclic) bond motifs is 3. The maximum atomic E-state index is 7.00. The van der Waals surface area contributed by atoms with Crippen molar-refractivity contribution in [2.45, 2.75) is 62.7 Å². The average molecular weight is 415 g/mol. The summed E-state index contributed by atoms with van der Waals surface area (Å²) in [5.41, 5.74) is 0.308. The summed E-state index contributed by atoms with van der Waals surface area (Å²) in [4.78, 5) is 11.6. The van der Waals surface area contributed by atoms with Gasteiger partial charge in [-0.1, -0.05) is 31.5 Å². The topological polar surface area (TPSA) is 36.9 Å². The molecule has 0 radical (unpaired) electrons. The summed E-state index contributed by atoms with van der Waals surface area (Å²) < 4.78 is 11.8. The van der Waals surface area contributed by atoms with Gasteiger partial charge >= 0.3 is 0 Å². The average Bonchev–Trinajstić information content (AvgIpc) is 2.56. The Bertz CT molecular complexity index is 720. The predicted octanol–water partition coefficient (Wildman–Crippen LogP) is 5.69. The molecule has 3 aliphatic rings. The highest BCUT2D eigenvalue weighted by Crippen LogP contribution is 2.66. The first-order valence-electron chi connectivity index (χ1n) is 9.84. The Labute approximate surface area is 171 Å². The molecule has 1 aromatic rings. The standard InChI is InChI=1S/C21H28Cl2O4/c1-5-25-18-9-15(6-7-17(18)22)21(24-4)20(26-27-21)14(3)11-19(23)10-13(2)8-16(20)12-19/h6-7,9,13-14,16H,5,8,10-12H2,1-4H3. The van der Waals surface area contributed by atoms with Gasteiger partial charge in [-0.2, -0.15) is 4.89 Å². The molecule has 1 aliphatic heterocycles. The van der Waals surface area contributed by atoms with Crippen LogP contribution < -0.4 is 4.74 Å². The minimum atomic E-state index is -0.983. The van der Waals surface area contributed by atoms with Gasteiger partial charge in [0.1, 0.15) is 5.75 Å². The van der Waals surface area contributed by atoms with Crippen molar-refractivity contribution in [1.29, 1.82) is 0 Å². The molecular formula is C21H28Cl2O4. The van der Waals surface area contributed by atoms with E-state index in [2.05, 4.69) is 13.8 Å². The fourth-order valence-electron chi connectivity index (χ4n) is 5.91. The van der Waals surface area contributed by atoms with Crippen LogP contribution in [0.2, 0.25) is 5.02 Å². The van der Waals surface area contributed by atoms with Crippen LogP contribution in [0, 0.1) is 17.8 Å². The third kappa shape index (κ3) is 2.75. The van der Waals surface area contributed by atoms with Crippen LogP contribution in [0.5, 0.6) is 5.75 Å². The van der Waals surface area contributed by atoms with Gasteiger partial charge in [0.15, 0.2) is 5.60 Å². The SMILES string of the molecule is CCOc1cc(C2(OC)OOC23C(C)CC2(Cl)CC(C)CC3C2)ccc1Cl. The molecule has 27 heavy (non-hydrogen) atoms. The van der Waals surface area contributed by atoms with Gasteiger partial charge in [0, 0.05) is 17.5 Å². The fraction of sp³-hybridized carbons (Fsp3) is 0.714. The van der Waals surface area contributed by atoms with E-state index in [0.717, 1.165) is 31.2 Å². The number of halogens is 2. The number of ether oxygens (including phenoxy) is 2. The molecule has 1 aromatic carbocycles. The molecule has 3 fully saturated rings. The largest absolute Gasteiger partial charge is 0.492 e. The number of rotatable bonds is 4. The van der Waals surface area contributed by atoms with Crippen molar-refractivity contribution in [2.75, 3.05) is 13.7 Å². The molecule has 0 N–H and O–H groups in total. The highest BCUT2D eigenvalue weighted by Gasteiger charge is 2.75. The zero-order chi connectivity index (χ0) is 19.4. The van der Waals surface area contributed by atoms with Crippen LogP contribution in [0.4, 0.5) is 0 Å². The van der Waals surface area contributed by atoms with Crippen molar-refractivity contribution >= 4 is 23.2 Å². The summed E-state index contributed by atoms with van der Waals surface area (Å²) >= 11 is 13.3. The van der Waals surface area contributed by atoms with Crippen molar-refractivity contribution in [3.63, 3.8) is 0 Å². The maximum Gasteiger partial charge on any atom is 0.260 e. The van der Waals surface area contributed by atoms with Gasteiger partial charge in [0.05, 0.1) is 11.6 Å². The molecule has 6 unspecified atom stereocenters. The minimum absolute atomic E-state index is 0.151. The van der Waals surface area contributed by atoms with Gasteiger partial charge in [0.25, 0.3) is 5.79 Å². The number of methoxy groups -OCH3 is 1. The van der Waals surface area contributed by atoms with Gasteiger partial charge in [-0.15, -0.1) is 11.6 Å². The lowest BCUT2D eigenvalue weighted by atomic mass is 9.54. The van der Waals surface area contributed by atoms with Crippen LogP contribution in [-0.2, 0) is 20.3 Å². The van der Waals surface area contributed by atoms with Crippen LogP contribution in [0.1, 0.15) is 52.0 Å². The van der Waals surface area contributed by atoms with Crippen LogP contribution in [-0.4, -0.2) is 24.2 Å². The molecule has 6 atom stereocenters. The van der Waals surface area contributed by atoms with Gasteiger partial charge in [-0.25, -0.2) is 4.89 Å². The van der Waals surface area contributed by atoms with Crippen molar-refractivity contribution in [1.82, 2.24) is 0 Å². The number of hydrogen-bond donors (Lipinski definition) is 0. The highest BCUT2D eigenvalue weighted by atomic mass is 35.5. The molecule has 6 heteroatoms. The molecule has 0 aromatic heterocycles. The van der Waals surface area contributed by atoms with Crippen LogP contribution in [0.3, 0.4) is 0 Å². The maximum absolute atomic E-state index is 7.00. The first-order valence-corrected chi connectivity index (χ1v) is 10.6. The zero-order valence-corrected chi connectivity index (χ0v) is 17.9. The molecule has 1 heterocycles. The second-order valence-electron chi connectivity index (χ2n) is 8.56. The predicted molar refractivity (Wildman–Crippen MR) is 105 cm³/mol. The molecule has 2 bridgehead atoms. The first-order chi connectivity index (χ1) is 12.8. The summed E-state index contributed by atoms with van der Waals surface area (Å²) in [6, 6.07) is 5.70. The van der Waals surface area contributed by atoms with E-state index in [1.54, 1.807) is 7.11 Å². The number of benzene rings is 1. The number of hydrogen-bond acceptors (Lipinski definition) is 4. The normalized spacial score (nSPS) is 43.4. The van der Waals surface area contributed by atoms with Crippen LogP contribution in [0.25, 0.3) is 0 Å². The zero-order valence-electron chi connectivity index (χ0n) is 16.4. The van der Waals surface area contributed by atoms with E-state index in [9.17, 15) is 0 Å². The Morgan fingerprint density at radius 3 is 2.59 bits per heavy atom. The molecule has 1 spiro atoms. The molecule has 150 valence electrons. The van der Waals surface area contributed by atoms with E-state index in [-0.39, 0.29) is 16.7 Å². The molecule has 0 amide bonds. The summed E-state index contributed by atoms with van der Waals surface area (Å²) in [6.07, 6.45) is 3.92. The Kier molecular flexibility index (Phi) is 4.96. The second kappa shape index (κ2) is 6.77. The van der Waals surface area contributed by atoms with Crippen molar-refractivity contribution in [3.05, 3.63) is 28.8 Å². The van der Waals surface area contributed by atoms with Crippen molar-refractivity contribution < 1.29 is 19.2 Å². The lowest BCUT2D eigenvalue weighted by Gasteiger charge is -2.66. The summed E-state index contributed by atoms with van der Waals surface area (Å²) in [7, 11) is 1.68. The quantitative estimate of drug-likeness (QED) is 0.468. The molecule has 4 nitrogen and oxygen atoms in total. The van der Waals surface area contributed by atoms with E-state index >= 15 is 0 Å². The molecule has 1 saturated heterocycles. The summed E-state index contributed by atoms with van der Waals surface area (Å²) in [6.45, 7) is 6.95. The molecule has 2 saturated carbocycles. The molecule has 2 aliphatic carbocycles. The van der Waals surface area contributed by atoms with E-state index in [4.69, 9.17) is 42.5 Å². The number of alkyl halides is 1. The van der Waals surface area contributed by atoms with E-state index in [1.807, 2.05) is 25.1 Å². The van der Waals surface area contributed by atoms with E-state index in [1.165, 1.54) is 0 Å². The van der Waals surface area contributed by atoms with Crippen LogP contribution >= 0.6 is 23.2 Å². The van der Waals surface area contributed by atoms with Crippen molar-refractivity contribution in [2.24, 2.45) is 17.8 Å². The first kappa shape index (κ1) is 19.8. The third-order valence-corrected chi connectivity index (χ3v) is 7.51. The summed E-state index contributed by atoms with van der Waals surface area (Å²) in [5, 5.41) is 0.573. The lowest BCUT2D eigenvalue weighted by Crippen LogP contribution is -2.75. The Balaban J connectivity index is 1.78. The van der Waals surface area contributed by atoms with E-state index in [0.29, 0.717) is 23.3 Å². The lowest BCUT2D eigenvalue weighted by molar-refractivity contribution is -0.640. The minimum Gasteiger partial charge on any atom is -0.492 e. The van der Waals surface area contributed by atoms with Gasteiger partial charge in [-0.05, 0) is 62.5 Å². The summed E-state index contributed by atoms with van der Waals surface area (Å²) in [5.74, 6) is 0.658. The monoisotopic (exact) mass is 414 g/mol.